The molecule has 0 aliphatic carbocycles. The van der Waals surface area contributed by atoms with E-state index in [2.05, 4.69) is 5.32 Å². The molecule has 0 spiro atoms. The second-order valence-electron chi connectivity index (χ2n) is 11.2. The van der Waals surface area contributed by atoms with Gasteiger partial charge in [0.2, 0.25) is 5.91 Å². The van der Waals surface area contributed by atoms with Crippen molar-refractivity contribution in [2.45, 2.75) is 97.6 Å². The van der Waals surface area contributed by atoms with Crippen LogP contribution in [0.25, 0.3) is 0 Å². The van der Waals surface area contributed by atoms with Gasteiger partial charge in [0.25, 0.3) is 0 Å². The van der Waals surface area contributed by atoms with Crippen LogP contribution in [0, 0.1) is 11.2 Å². The summed E-state index contributed by atoms with van der Waals surface area (Å²) in [6, 6.07) is 13.7. The molecule has 1 fully saturated rings. The molecule has 1 heterocycles. The zero-order valence-electron chi connectivity index (χ0n) is 23.8. The van der Waals surface area contributed by atoms with Crippen LogP contribution >= 0.6 is 0 Å². The van der Waals surface area contributed by atoms with Crippen LogP contribution in [0.4, 0.5) is 9.18 Å². The lowest BCUT2D eigenvalue weighted by Gasteiger charge is -2.43. The molecule has 1 aliphatic heterocycles. The van der Waals surface area contributed by atoms with Gasteiger partial charge in [0, 0.05) is 6.04 Å². The van der Waals surface area contributed by atoms with Crippen LogP contribution in [0.1, 0.15) is 84.4 Å². The first-order valence-corrected chi connectivity index (χ1v) is 13.7. The second kappa shape index (κ2) is 12.6. The van der Waals surface area contributed by atoms with E-state index in [1.165, 1.54) is 12.1 Å². The highest BCUT2D eigenvalue weighted by molar-refractivity contribution is 5.87. The van der Waals surface area contributed by atoms with Gasteiger partial charge in [-0.3, -0.25) is 9.59 Å². The number of nitrogens with zero attached hydrogens (tertiary/aromatic N) is 1. The molecular formula is C31H41FN2O5. The topological polar surface area (TPSA) is 84.9 Å². The molecule has 2 aromatic carbocycles. The molecule has 1 N–H and O–H groups in total. The predicted octanol–water partition coefficient (Wildman–Crippen LogP) is 6.32. The van der Waals surface area contributed by atoms with E-state index in [1.807, 2.05) is 44.2 Å². The van der Waals surface area contributed by atoms with Crippen molar-refractivity contribution in [2.75, 3.05) is 0 Å². The maximum absolute atomic E-state index is 14.2. The minimum atomic E-state index is -0.974. The van der Waals surface area contributed by atoms with Crippen molar-refractivity contribution < 1.29 is 28.2 Å². The molecule has 39 heavy (non-hydrogen) atoms. The minimum absolute atomic E-state index is 0.131. The Morgan fingerprint density at radius 3 is 2.28 bits per heavy atom. The van der Waals surface area contributed by atoms with E-state index in [0.29, 0.717) is 31.2 Å². The number of esters is 1. The summed E-state index contributed by atoms with van der Waals surface area (Å²) in [4.78, 5) is 41.9. The molecule has 3 atom stereocenters. The lowest BCUT2D eigenvalue weighted by Crippen LogP contribution is -2.56. The largest absolute Gasteiger partial charge is 0.460 e. The molecule has 8 heteroatoms. The predicted molar refractivity (Wildman–Crippen MR) is 147 cm³/mol. The summed E-state index contributed by atoms with van der Waals surface area (Å²) in [7, 11) is 0. The highest BCUT2D eigenvalue weighted by atomic mass is 19.1. The van der Waals surface area contributed by atoms with Crippen LogP contribution in [0.5, 0.6) is 0 Å². The number of rotatable bonds is 9. The Kier molecular flexibility index (Phi) is 9.75. The van der Waals surface area contributed by atoms with Crippen LogP contribution in [0.15, 0.2) is 54.6 Å². The highest BCUT2D eigenvalue weighted by Gasteiger charge is 2.53. The van der Waals surface area contributed by atoms with Crippen LogP contribution in [0.3, 0.4) is 0 Å². The molecule has 3 rings (SSSR count). The fraction of sp³-hybridized carbons (Fsp3) is 0.516. The lowest BCUT2D eigenvalue weighted by atomic mass is 9.74. The summed E-state index contributed by atoms with van der Waals surface area (Å²) in [6.45, 7) is 10.8. The van der Waals surface area contributed by atoms with Gasteiger partial charge in [0.1, 0.15) is 24.1 Å². The summed E-state index contributed by atoms with van der Waals surface area (Å²) >= 11 is 0. The van der Waals surface area contributed by atoms with Crippen molar-refractivity contribution in [2.24, 2.45) is 5.41 Å². The van der Waals surface area contributed by atoms with Crippen LogP contribution in [-0.2, 0) is 25.7 Å². The quantitative estimate of drug-likeness (QED) is 0.376. The van der Waals surface area contributed by atoms with E-state index in [1.54, 1.807) is 44.7 Å². The summed E-state index contributed by atoms with van der Waals surface area (Å²) in [6.07, 6.45) is 1.28. The maximum atomic E-state index is 14.2. The first kappa shape index (κ1) is 30.1. The Balaban J connectivity index is 1.94. The number of benzene rings is 2. The molecule has 2 amide bonds. The summed E-state index contributed by atoms with van der Waals surface area (Å²) < 4.78 is 25.4. The van der Waals surface area contributed by atoms with Crippen LogP contribution < -0.4 is 5.32 Å². The zero-order valence-corrected chi connectivity index (χ0v) is 23.8. The standard InChI is InChI=1S/C31H41FN2O5/c1-7-31(8-2,28(36)38-20-22-13-10-9-11-14-22)26-18-17-25(23-15-12-16-24(32)19-23)34(26)27(35)21(3)33-29(37)39-30(4,5)6/h9-16,19,21,25-26H,7-8,17-18,20H2,1-6H3,(H,33,37)/t21-,25+,26-/m1/s1. The average molecular weight is 541 g/mol. The van der Waals surface area contributed by atoms with Crippen molar-refractivity contribution in [3.05, 3.63) is 71.5 Å². The van der Waals surface area contributed by atoms with Gasteiger partial charge in [-0.2, -0.15) is 0 Å². The van der Waals surface area contributed by atoms with Crippen molar-refractivity contribution >= 4 is 18.0 Å². The smallest absolute Gasteiger partial charge is 0.408 e. The van der Waals surface area contributed by atoms with Gasteiger partial charge in [0.05, 0.1) is 11.5 Å². The number of halogens is 1. The molecule has 212 valence electrons. The first-order chi connectivity index (χ1) is 18.4. The van der Waals surface area contributed by atoms with Crippen molar-refractivity contribution in [1.82, 2.24) is 10.2 Å². The number of hydrogen-bond donors (Lipinski definition) is 1. The van der Waals surface area contributed by atoms with Gasteiger partial charge in [-0.15, -0.1) is 0 Å². The number of hydrogen-bond acceptors (Lipinski definition) is 5. The van der Waals surface area contributed by atoms with E-state index in [9.17, 15) is 18.8 Å². The summed E-state index contributed by atoms with van der Waals surface area (Å²) in [5.74, 6) is -1.13. The number of carbonyl (C=O) groups is 3. The lowest BCUT2D eigenvalue weighted by molar-refractivity contribution is -0.164. The monoisotopic (exact) mass is 540 g/mol. The highest BCUT2D eigenvalue weighted by Crippen LogP contribution is 2.47. The van der Waals surface area contributed by atoms with Gasteiger partial charge in [-0.1, -0.05) is 56.3 Å². The third-order valence-corrected chi connectivity index (χ3v) is 7.50. The number of alkyl carbamates (subject to hydrolysis) is 1. The SMILES string of the molecule is CCC(CC)(C(=O)OCc1ccccc1)[C@H]1CC[C@@H](c2cccc(F)c2)N1C(=O)[C@@H](C)NC(=O)OC(C)(C)C. The second-order valence-corrected chi connectivity index (χ2v) is 11.2. The average Bonchev–Trinajstić information content (AvgIpc) is 3.33. The van der Waals surface area contributed by atoms with Gasteiger partial charge in [-0.05, 0) is 76.6 Å². The van der Waals surface area contributed by atoms with E-state index in [-0.39, 0.29) is 18.5 Å². The van der Waals surface area contributed by atoms with E-state index in [4.69, 9.17) is 9.47 Å². The maximum Gasteiger partial charge on any atom is 0.408 e. The molecule has 1 saturated heterocycles. The Morgan fingerprint density at radius 2 is 1.69 bits per heavy atom. The number of likely N-dealkylation sites (tertiary alicyclic amines) is 1. The van der Waals surface area contributed by atoms with E-state index in [0.717, 1.165) is 5.56 Å². The Labute approximate surface area is 231 Å². The Hall–Kier alpha value is -3.42. The molecule has 7 nitrogen and oxygen atoms in total. The molecule has 0 bridgehead atoms. The van der Waals surface area contributed by atoms with E-state index >= 15 is 0 Å². The van der Waals surface area contributed by atoms with Crippen molar-refractivity contribution in [3.8, 4) is 0 Å². The van der Waals surface area contributed by atoms with E-state index < -0.39 is 41.1 Å². The number of amides is 2. The van der Waals surface area contributed by atoms with Gasteiger partial charge in [-0.25, -0.2) is 9.18 Å². The van der Waals surface area contributed by atoms with Gasteiger partial charge >= 0.3 is 12.1 Å². The minimum Gasteiger partial charge on any atom is -0.460 e. The zero-order chi connectivity index (χ0) is 28.8. The van der Waals surface area contributed by atoms with Crippen molar-refractivity contribution in [1.29, 1.82) is 0 Å². The summed E-state index contributed by atoms with van der Waals surface area (Å²) in [5.41, 5.74) is -0.180. The molecular weight excluding hydrogens is 499 g/mol. The normalized spacial score (nSPS) is 18.4. The fourth-order valence-corrected chi connectivity index (χ4v) is 5.48. The van der Waals surface area contributed by atoms with Crippen LogP contribution in [-0.4, -0.2) is 40.6 Å². The Bertz CT molecular complexity index is 1140. The first-order valence-electron chi connectivity index (χ1n) is 13.7. The molecule has 0 saturated carbocycles. The molecule has 2 aromatic rings. The van der Waals surface area contributed by atoms with Gasteiger partial charge in [0.15, 0.2) is 0 Å². The molecule has 0 radical (unpaired) electrons. The van der Waals surface area contributed by atoms with Crippen LogP contribution in [0.2, 0.25) is 0 Å². The summed E-state index contributed by atoms with van der Waals surface area (Å²) in [5, 5.41) is 2.64. The molecule has 0 unspecified atom stereocenters. The molecule has 1 aliphatic rings. The number of nitrogens with one attached hydrogen (secondary N) is 1. The third-order valence-electron chi connectivity index (χ3n) is 7.50. The van der Waals surface area contributed by atoms with Crippen molar-refractivity contribution in [3.63, 3.8) is 0 Å². The number of carbonyl (C=O) groups excluding carboxylic acids is 3. The fourth-order valence-electron chi connectivity index (χ4n) is 5.48. The number of ether oxygens (including phenoxy) is 2. The molecule has 0 aromatic heterocycles. The third kappa shape index (κ3) is 7.16. The van der Waals surface area contributed by atoms with Gasteiger partial charge < -0.3 is 19.7 Å². The Morgan fingerprint density at radius 1 is 1.03 bits per heavy atom.